The average molecular weight is 238 g/mol. The summed E-state index contributed by atoms with van der Waals surface area (Å²) in [6.07, 6.45) is -0.0930. The maximum atomic E-state index is 11.6. The van der Waals surface area contributed by atoms with Gasteiger partial charge in [0.05, 0.1) is 17.5 Å². The van der Waals surface area contributed by atoms with E-state index in [1.165, 1.54) is 6.08 Å². The zero-order chi connectivity index (χ0) is 12.2. The molecule has 2 fully saturated rings. The number of amides is 2. The first kappa shape index (κ1) is 10.4. The van der Waals surface area contributed by atoms with Crippen LogP contribution in [0.25, 0.3) is 0 Å². The molecule has 3 aliphatic rings. The minimum Gasteiger partial charge on any atom is -0.478 e. The fraction of sp³-hybridized carbons (Fsp3) is 0.500. The molecule has 3 heterocycles. The molecule has 0 saturated carbocycles. The van der Waals surface area contributed by atoms with Gasteiger partial charge in [-0.15, -0.1) is 0 Å². The molecule has 17 heavy (non-hydrogen) atoms. The molecule has 0 aromatic heterocycles. The van der Waals surface area contributed by atoms with Crippen LogP contribution in [-0.4, -0.2) is 47.7 Å². The van der Waals surface area contributed by atoms with Crippen molar-refractivity contribution in [1.82, 2.24) is 10.6 Å². The highest BCUT2D eigenvalue weighted by molar-refractivity contribution is 6.07. The van der Waals surface area contributed by atoms with Gasteiger partial charge in [-0.25, -0.2) is 4.79 Å². The van der Waals surface area contributed by atoms with Gasteiger partial charge in [0, 0.05) is 6.54 Å². The van der Waals surface area contributed by atoms with E-state index in [1.54, 1.807) is 0 Å². The number of rotatable bonds is 1. The number of carboxylic acids is 1. The topological polar surface area (TPSA) is 105 Å². The zero-order valence-electron chi connectivity index (χ0n) is 8.67. The van der Waals surface area contributed by atoms with Crippen molar-refractivity contribution >= 4 is 17.8 Å². The van der Waals surface area contributed by atoms with Gasteiger partial charge in [0.2, 0.25) is 5.91 Å². The lowest BCUT2D eigenvalue weighted by Crippen LogP contribution is -2.49. The van der Waals surface area contributed by atoms with Gasteiger partial charge in [0.15, 0.2) is 6.10 Å². The Kier molecular flexibility index (Phi) is 2.07. The van der Waals surface area contributed by atoms with Gasteiger partial charge in [-0.05, 0) is 0 Å². The Hall–Kier alpha value is -1.73. The second-order valence-electron chi connectivity index (χ2n) is 4.26. The van der Waals surface area contributed by atoms with Gasteiger partial charge < -0.3 is 15.2 Å². The number of carbonyl (C=O) groups excluding carboxylic acids is 2. The highest BCUT2D eigenvalue weighted by atomic mass is 16.5. The fourth-order valence-electron chi connectivity index (χ4n) is 2.64. The summed E-state index contributed by atoms with van der Waals surface area (Å²) in [6, 6.07) is -0.442. The average Bonchev–Trinajstić information content (AvgIpc) is 2.78. The summed E-state index contributed by atoms with van der Waals surface area (Å²) in [6.45, 7) is 0.358. The van der Waals surface area contributed by atoms with E-state index in [2.05, 4.69) is 10.6 Å². The smallest absolute Gasteiger partial charge is 0.334 e. The van der Waals surface area contributed by atoms with Gasteiger partial charge in [-0.3, -0.25) is 14.9 Å². The Morgan fingerprint density at radius 2 is 2.12 bits per heavy atom. The van der Waals surface area contributed by atoms with E-state index in [9.17, 15) is 14.4 Å². The van der Waals surface area contributed by atoms with E-state index in [0.29, 0.717) is 6.54 Å². The summed E-state index contributed by atoms with van der Waals surface area (Å²) >= 11 is 0. The fourth-order valence-corrected chi connectivity index (χ4v) is 2.64. The third kappa shape index (κ3) is 1.32. The van der Waals surface area contributed by atoms with Crippen LogP contribution in [-0.2, 0) is 19.1 Å². The van der Waals surface area contributed by atoms with E-state index in [-0.39, 0.29) is 5.57 Å². The van der Waals surface area contributed by atoms with Crippen molar-refractivity contribution in [3.63, 3.8) is 0 Å². The summed E-state index contributed by atoms with van der Waals surface area (Å²) in [4.78, 5) is 34.0. The van der Waals surface area contributed by atoms with Crippen molar-refractivity contribution in [2.24, 2.45) is 5.92 Å². The van der Waals surface area contributed by atoms with Crippen LogP contribution < -0.4 is 10.6 Å². The normalized spacial score (nSPS) is 39.4. The number of carboxylic acid groups (broad SMARTS) is 1. The van der Waals surface area contributed by atoms with Crippen LogP contribution in [0.2, 0.25) is 0 Å². The van der Waals surface area contributed by atoms with Crippen LogP contribution in [0.5, 0.6) is 0 Å². The van der Waals surface area contributed by atoms with Crippen molar-refractivity contribution < 1.29 is 24.2 Å². The van der Waals surface area contributed by atoms with Crippen LogP contribution in [0.1, 0.15) is 0 Å². The number of hydrogen-bond acceptors (Lipinski definition) is 5. The standard InChI is InChI=1S/C10H10N2O5/c13-8-4-5-6(17-7(4)9(14)12-8)3(10(15)16)1-2-11-5/h1,4-7,11H,2H2,(H,15,16)(H,12,13,14). The first-order valence-electron chi connectivity index (χ1n) is 5.26. The van der Waals surface area contributed by atoms with Crippen molar-refractivity contribution in [3.05, 3.63) is 11.6 Å². The minimum absolute atomic E-state index is 0.115. The first-order valence-corrected chi connectivity index (χ1v) is 5.26. The Morgan fingerprint density at radius 1 is 1.35 bits per heavy atom. The molecule has 0 radical (unpaired) electrons. The Labute approximate surface area is 95.8 Å². The molecule has 3 N–H and O–H groups in total. The lowest BCUT2D eigenvalue weighted by Gasteiger charge is -2.26. The molecule has 3 rings (SSSR count). The highest BCUT2D eigenvalue weighted by Crippen LogP contribution is 2.35. The van der Waals surface area contributed by atoms with Crippen molar-refractivity contribution in [3.8, 4) is 0 Å². The third-order valence-corrected chi connectivity index (χ3v) is 3.37. The second-order valence-corrected chi connectivity index (χ2v) is 4.26. The molecule has 0 aliphatic carbocycles. The molecular weight excluding hydrogens is 228 g/mol. The van der Waals surface area contributed by atoms with Gasteiger partial charge in [-0.2, -0.15) is 0 Å². The minimum atomic E-state index is -1.07. The Morgan fingerprint density at radius 3 is 2.82 bits per heavy atom. The van der Waals surface area contributed by atoms with Crippen LogP contribution in [0.15, 0.2) is 11.6 Å². The summed E-state index contributed by atoms with van der Waals surface area (Å²) in [5, 5.41) is 14.2. The SMILES string of the molecule is O=C(O)C1=CCNC2C1OC1C(=O)NC(=O)C12. The lowest BCUT2D eigenvalue weighted by atomic mass is 9.89. The Bertz CT molecular complexity index is 458. The number of nitrogens with one attached hydrogen (secondary N) is 2. The first-order chi connectivity index (χ1) is 8.09. The van der Waals surface area contributed by atoms with E-state index in [0.717, 1.165) is 0 Å². The maximum Gasteiger partial charge on any atom is 0.334 e. The summed E-state index contributed by atoms with van der Waals surface area (Å²) in [5.74, 6) is -2.59. The van der Waals surface area contributed by atoms with Gasteiger partial charge in [-0.1, -0.05) is 6.08 Å². The summed E-state index contributed by atoms with van der Waals surface area (Å²) in [7, 11) is 0. The van der Waals surface area contributed by atoms with Crippen molar-refractivity contribution in [2.75, 3.05) is 6.54 Å². The zero-order valence-corrected chi connectivity index (χ0v) is 8.67. The number of carbonyl (C=O) groups is 3. The van der Waals surface area contributed by atoms with Crippen LogP contribution in [0.3, 0.4) is 0 Å². The van der Waals surface area contributed by atoms with E-state index in [4.69, 9.17) is 9.84 Å². The van der Waals surface area contributed by atoms with Crippen LogP contribution in [0.4, 0.5) is 0 Å². The largest absolute Gasteiger partial charge is 0.478 e. The number of imide groups is 1. The molecule has 2 amide bonds. The molecule has 0 aromatic carbocycles. The molecule has 4 unspecified atom stereocenters. The van der Waals surface area contributed by atoms with Gasteiger partial charge in [0.25, 0.3) is 5.91 Å². The van der Waals surface area contributed by atoms with Gasteiger partial charge >= 0.3 is 5.97 Å². The Balaban J connectivity index is 1.95. The highest BCUT2D eigenvalue weighted by Gasteiger charge is 2.57. The quantitative estimate of drug-likeness (QED) is 0.457. The molecule has 0 bridgehead atoms. The number of aliphatic carboxylic acids is 1. The predicted octanol–water partition coefficient (Wildman–Crippen LogP) is -1.99. The maximum absolute atomic E-state index is 11.6. The molecule has 7 nitrogen and oxygen atoms in total. The predicted molar refractivity (Wildman–Crippen MR) is 52.8 cm³/mol. The van der Waals surface area contributed by atoms with Crippen molar-refractivity contribution in [2.45, 2.75) is 18.2 Å². The van der Waals surface area contributed by atoms with E-state index >= 15 is 0 Å². The molecular formula is C10H10N2O5. The molecule has 7 heteroatoms. The van der Waals surface area contributed by atoms with E-state index in [1.807, 2.05) is 0 Å². The monoisotopic (exact) mass is 238 g/mol. The molecule has 2 saturated heterocycles. The summed E-state index contributed by atoms with van der Waals surface area (Å²) < 4.78 is 5.40. The second kappa shape index (κ2) is 3.38. The molecule has 4 atom stereocenters. The number of fused-ring (bicyclic) bond motifs is 3. The van der Waals surface area contributed by atoms with Crippen LogP contribution >= 0.6 is 0 Å². The molecule has 3 aliphatic heterocycles. The van der Waals surface area contributed by atoms with Gasteiger partial charge in [0.1, 0.15) is 6.10 Å². The lowest BCUT2D eigenvalue weighted by molar-refractivity contribution is -0.137. The van der Waals surface area contributed by atoms with Crippen LogP contribution in [0, 0.1) is 5.92 Å². The van der Waals surface area contributed by atoms with Crippen molar-refractivity contribution in [1.29, 1.82) is 0 Å². The molecule has 0 aromatic rings. The third-order valence-electron chi connectivity index (χ3n) is 3.37. The molecule has 90 valence electrons. The molecule has 0 spiro atoms. The summed E-state index contributed by atoms with van der Waals surface area (Å²) in [5.41, 5.74) is 0.115. The number of hydrogen-bond donors (Lipinski definition) is 3. The number of ether oxygens (including phenoxy) is 1. The van der Waals surface area contributed by atoms with E-state index < -0.39 is 42.0 Å².